The summed E-state index contributed by atoms with van der Waals surface area (Å²) in [5.41, 5.74) is 4.70. The molecule has 0 saturated carbocycles. The number of halogens is 1. The topological polar surface area (TPSA) is 59.9 Å². The molecule has 0 radical (unpaired) electrons. The summed E-state index contributed by atoms with van der Waals surface area (Å²) in [6.07, 6.45) is 2.39. The van der Waals surface area contributed by atoms with E-state index < -0.39 is 0 Å². The van der Waals surface area contributed by atoms with E-state index in [1.165, 1.54) is 6.21 Å². The molecule has 0 unspecified atom stereocenters. The second-order valence-corrected chi connectivity index (χ2v) is 6.03. The first-order chi connectivity index (χ1) is 12.6. The molecule has 0 bridgehead atoms. The van der Waals surface area contributed by atoms with Crippen LogP contribution in [-0.2, 0) is 0 Å². The quantitative estimate of drug-likeness (QED) is 0.542. The van der Waals surface area contributed by atoms with Gasteiger partial charge in [-0.05, 0) is 49.6 Å². The summed E-state index contributed by atoms with van der Waals surface area (Å²) in [6.45, 7) is 6.83. The van der Waals surface area contributed by atoms with Crippen LogP contribution in [0.5, 0.6) is 11.5 Å². The fourth-order valence-electron chi connectivity index (χ4n) is 2.32. The maximum Gasteiger partial charge on any atom is 0.271 e. The van der Waals surface area contributed by atoms with Crippen molar-refractivity contribution < 1.29 is 14.3 Å². The molecule has 0 heterocycles. The van der Waals surface area contributed by atoms with Crippen LogP contribution >= 0.6 is 11.6 Å². The smallest absolute Gasteiger partial charge is 0.271 e. The molecule has 0 aliphatic rings. The van der Waals surface area contributed by atoms with E-state index in [1.807, 2.05) is 39.0 Å². The lowest BCUT2D eigenvalue weighted by Gasteiger charge is -2.13. The number of hydrogen-bond acceptors (Lipinski definition) is 4. The van der Waals surface area contributed by atoms with Crippen molar-refractivity contribution in [3.05, 3.63) is 58.1 Å². The Morgan fingerprint density at radius 3 is 2.69 bits per heavy atom. The van der Waals surface area contributed by atoms with Crippen molar-refractivity contribution in [1.29, 1.82) is 0 Å². The number of nitrogens with one attached hydrogen (secondary N) is 1. The summed E-state index contributed by atoms with van der Waals surface area (Å²) < 4.78 is 11.3. The summed E-state index contributed by atoms with van der Waals surface area (Å²) in [4.78, 5) is 12.2. The first-order valence-corrected chi connectivity index (χ1v) is 8.92. The second-order valence-electron chi connectivity index (χ2n) is 5.63. The Labute approximate surface area is 159 Å². The van der Waals surface area contributed by atoms with Crippen molar-refractivity contribution in [3.63, 3.8) is 0 Å². The van der Waals surface area contributed by atoms with Crippen LogP contribution in [0.2, 0.25) is 5.02 Å². The van der Waals surface area contributed by atoms with E-state index in [1.54, 1.807) is 18.2 Å². The van der Waals surface area contributed by atoms with Crippen molar-refractivity contribution in [1.82, 2.24) is 5.43 Å². The van der Waals surface area contributed by atoms with E-state index in [-0.39, 0.29) is 5.91 Å². The lowest BCUT2D eigenvalue weighted by molar-refractivity contribution is 0.0954. The Balaban J connectivity index is 2.14. The van der Waals surface area contributed by atoms with Crippen LogP contribution in [0.3, 0.4) is 0 Å². The molecule has 1 amide bonds. The molecule has 1 N–H and O–H groups in total. The molecule has 26 heavy (non-hydrogen) atoms. The van der Waals surface area contributed by atoms with Crippen molar-refractivity contribution in [3.8, 4) is 11.5 Å². The maximum atomic E-state index is 12.2. The number of benzene rings is 2. The van der Waals surface area contributed by atoms with Crippen LogP contribution in [0, 0.1) is 6.92 Å². The first-order valence-electron chi connectivity index (χ1n) is 8.55. The van der Waals surface area contributed by atoms with E-state index in [9.17, 15) is 4.79 Å². The number of rotatable bonds is 8. The first kappa shape index (κ1) is 19.8. The summed E-state index contributed by atoms with van der Waals surface area (Å²) in [7, 11) is 0. The van der Waals surface area contributed by atoms with E-state index >= 15 is 0 Å². The van der Waals surface area contributed by atoms with Gasteiger partial charge in [0.2, 0.25) is 0 Å². The number of amides is 1. The minimum Gasteiger partial charge on any atom is -0.490 e. The van der Waals surface area contributed by atoms with E-state index in [0.717, 1.165) is 12.0 Å². The van der Waals surface area contributed by atoms with Gasteiger partial charge in [-0.2, -0.15) is 5.10 Å². The van der Waals surface area contributed by atoms with Crippen molar-refractivity contribution in [2.75, 3.05) is 13.2 Å². The van der Waals surface area contributed by atoms with Gasteiger partial charge in [-0.1, -0.05) is 36.7 Å². The normalized spacial score (nSPS) is 10.8. The van der Waals surface area contributed by atoms with Crippen LogP contribution in [0.25, 0.3) is 0 Å². The van der Waals surface area contributed by atoms with Gasteiger partial charge in [0.05, 0.1) is 24.5 Å². The summed E-state index contributed by atoms with van der Waals surface area (Å²) in [5.74, 6) is 0.815. The molecule has 0 aliphatic heterocycles. The van der Waals surface area contributed by atoms with Crippen LogP contribution < -0.4 is 14.9 Å². The molecule has 0 spiro atoms. The van der Waals surface area contributed by atoms with Crippen molar-refractivity contribution in [2.24, 2.45) is 5.10 Å². The Kier molecular flexibility index (Phi) is 7.48. The lowest BCUT2D eigenvalue weighted by Crippen LogP contribution is -2.18. The lowest BCUT2D eigenvalue weighted by atomic mass is 10.1. The molecule has 2 aromatic carbocycles. The number of ether oxygens (including phenoxy) is 2. The predicted octanol–water partition coefficient (Wildman–Crippen LogP) is 4.60. The monoisotopic (exact) mass is 374 g/mol. The summed E-state index contributed by atoms with van der Waals surface area (Å²) >= 11 is 6.31. The number of aryl methyl sites for hydroxylation is 1. The number of hydrazone groups is 1. The van der Waals surface area contributed by atoms with Gasteiger partial charge in [-0.25, -0.2) is 5.43 Å². The zero-order valence-electron chi connectivity index (χ0n) is 15.2. The molecule has 5 nitrogen and oxygen atoms in total. The van der Waals surface area contributed by atoms with E-state index in [4.69, 9.17) is 21.1 Å². The van der Waals surface area contributed by atoms with Crippen molar-refractivity contribution in [2.45, 2.75) is 27.2 Å². The Morgan fingerprint density at radius 2 is 2.00 bits per heavy atom. The second kappa shape index (κ2) is 9.82. The molecule has 0 aliphatic carbocycles. The highest BCUT2D eigenvalue weighted by Crippen LogP contribution is 2.36. The fraction of sp³-hybridized carbons (Fsp3) is 0.300. The molecule has 2 rings (SSSR count). The van der Waals surface area contributed by atoms with Gasteiger partial charge in [0.25, 0.3) is 5.91 Å². The molecular formula is C20H23ClN2O3. The minimum atomic E-state index is -0.265. The fourth-order valence-corrected chi connectivity index (χ4v) is 2.60. The van der Waals surface area contributed by atoms with E-state index in [0.29, 0.717) is 40.9 Å². The third-order valence-electron chi connectivity index (χ3n) is 3.55. The highest BCUT2D eigenvalue weighted by Gasteiger charge is 2.12. The van der Waals surface area contributed by atoms with Gasteiger partial charge in [-0.3, -0.25) is 4.79 Å². The third kappa shape index (κ3) is 5.23. The molecule has 0 fully saturated rings. The van der Waals surface area contributed by atoms with Crippen LogP contribution in [0.4, 0.5) is 0 Å². The number of hydrogen-bond donors (Lipinski definition) is 1. The van der Waals surface area contributed by atoms with Gasteiger partial charge in [0, 0.05) is 5.56 Å². The molecule has 2 aromatic rings. The average molecular weight is 375 g/mol. The molecule has 0 atom stereocenters. The Hall–Kier alpha value is -2.53. The van der Waals surface area contributed by atoms with Gasteiger partial charge in [0.15, 0.2) is 11.5 Å². The Bertz CT molecular complexity index is 791. The average Bonchev–Trinajstić information content (AvgIpc) is 2.61. The predicted molar refractivity (Wildman–Crippen MR) is 105 cm³/mol. The Morgan fingerprint density at radius 1 is 1.23 bits per heavy atom. The minimum absolute atomic E-state index is 0.265. The molecular weight excluding hydrogens is 352 g/mol. The highest BCUT2D eigenvalue weighted by molar-refractivity contribution is 6.32. The van der Waals surface area contributed by atoms with Gasteiger partial charge < -0.3 is 9.47 Å². The molecule has 0 saturated heterocycles. The van der Waals surface area contributed by atoms with Crippen LogP contribution in [0.15, 0.2) is 41.5 Å². The molecule has 0 aromatic heterocycles. The third-order valence-corrected chi connectivity index (χ3v) is 3.83. The summed E-state index contributed by atoms with van der Waals surface area (Å²) in [6, 6.07) is 10.8. The zero-order chi connectivity index (χ0) is 18.9. The van der Waals surface area contributed by atoms with Crippen molar-refractivity contribution >= 4 is 23.7 Å². The largest absolute Gasteiger partial charge is 0.490 e. The van der Waals surface area contributed by atoms with Crippen LogP contribution in [-0.4, -0.2) is 25.3 Å². The van der Waals surface area contributed by atoms with Gasteiger partial charge in [0.1, 0.15) is 0 Å². The highest BCUT2D eigenvalue weighted by atomic mass is 35.5. The zero-order valence-corrected chi connectivity index (χ0v) is 16.0. The van der Waals surface area contributed by atoms with Crippen LogP contribution in [0.1, 0.15) is 41.8 Å². The number of carbonyl (C=O) groups excluding carboxylic acids is 1. The molecule has 138 valence electrons. The maximum absolute atomic E-state index is 12.2. The van der Waals surface area contributed by atoms with E-state index in [2.05, 4.69) is 10.5 Å². The standard InChI is InChI=1S/C20H23ClN2O3/c1-4-10-26-19-17(21)11-15(12-18(19)25-5-2)13-22-23-20(24)16-9-7-6-8-14(16)3/h6-9,11-13H,4-5,10H2,1-3H3,(H,23,24)/b22-13+. The molecule has 6 heteroatoms. The summed E-state index contributed by atoms with van der Waals surface area (Å²) in [5, 5.41) is 4.45. The van der Waals surface area contributed by atoms with Gasteiger partial charge in [-0.15, -0.1) is 0 Å². The van der Waals surface area contributed by atoms with Gasteiger partial charge >= 0.3 is 0 Å². The number of carbonyl (C=O) groups is 1. The SMILES string of the molecule is CCCOc1c(Cl)cc(/C=N/NC(=O)c2ccccc2C)cc1OCC. The number of nitrogens with zero attached hydrogens (tertiary/aromatic N) is 1.